The normalized spacial score (nSPS) is 11.3. The van der Waals surface area contributed by atoms with Crippen molar-refractivity contribution in [3.63, 3.8) is 0 Å². The van der Waals surface area contributed by atoms with Crippen LogP contribution < -0.4 is 3.88 Å². The first-order chi connectivity index (χ1) is 14.2. The Morgan fingerprint density at radius 3 is 1.10 bits per heavy atom. The first kappa shape index (κ1) is 29.9. The molecular formula is C25H52MoNS2. The van der Waals surface area contributed by atoms with Crippen molar-refractivity contribution < 1.29 is 17.6 Å². The zero-order valence-electron chi connectivity index (χ0n) is 19.8. The second kappa shape index (κ2) is 25.2. The van der Waals surface area contributed by atoms with Crippen LogP contribution in [0.25, 0.3) is 0 Å². The van der Waals surface area contributed by atoms with Gasteiger partial charge in [-0.25, -0.2) is 0 Å². The number of hydrogen-bond acceptors (Lipinski definition) is 1. The SMILES string of the molecule is CCCCCCCCCCC[CH2][Mo]([CH2]CCCCCCCCCCC)[NH]C(=S)S. The van der Waals surface area contributed by atoms with E-state index in [0.717, 1.165) is 4.32 Å². The summed E-state index contributed by atoms with van der Waals surface area (Å²) < 4.78 is 4.36. The molecule has 175 valence electrons. The molecule has 0 aliphatic carbocycles. The van der Waals surface area contributed by atoms with Gasteiger partial charge < -0.3 is 0 Å². The number of rotatable bonds is 23. The van der Waals surface area contributed by atoms with Crippen molar-refractivity contribution >= 4 is 29.2 Å². The molecule has 0 bridgehead atoms. The van der Waals surface area contributed by atoms with E-state index in [1.165, 1.54) is 138 Å². The summed E-state index contributed by atoms with van der Waals surface area (Å²) >= 11 is 8.34. The van der Waals surface area contributed by atoms with Crippen molar-refractivity contribution in [2.75, 3.05) is 0 Å². The summed E-state index contributed by atoms with van der Waals surface area (Å²) in [6.07, 6.45) is 28.6. The molecule has 0 radical (unpaired) electrons. The Bertz CT molecular complexity index is 315. The van der Waals surface area contributed by atoms with Crippen molar-refractivity contribution in [1.29, 1.82) is 0 Å². The molecule has 4 heteroatoms. The van der Waals surface area contributed by atoms with Gasteiger partial charge in [0.2, 0.25) is 0 Å². The Kier molecular flexibility index (Phi) is 26.0. The second-order valence-corrected chi connectivity index (χ2v) is 14.8. The van der Waals surface area contributed by atoms with Gasteiger partial charge in [0.25, 0.3) is 0 Å². The molecule has 0 saturated carbocycles. The Morgan fingerprint density at radius 1 is 0.552 bits per heavy atom. The van der Waals surface area contributed by atoms with E-state index in [0.29, 0.717) is 0 Å². The predicted octanol–water partition coefficient (Wildman–Crippen LogP) is 10.0. The van der Waals surface area contributed by atoms with Crippen LogP contribution in [0, 0.1) is 0 Å². The van der Waals surface area contributed by atoms with Crippen LogP contribution in [0.2, 0.25) is 9.62 Å². The minimum absolute atomic E-state index is 0.751. The molecule has 0 unspecified atom stereocenters. The fourth-order valence-electron chi connectivity index (χ4n) is 3.86. The molecule has 29 heavy (non-hydrogen) atoms. The number of unbranched alkanes of at least 4 members (excludes halogenated alkanes) is 18. The summed E-state index contributed by atoms with van der Waals surface area (Å²) in [4.78, 5) is 2.86. The molecule has 0 spiro atoms. The van der Waals surface area contributed by atoms with Crippen LogP contribution >= 0.6 is 24.8 Å². The standard InChI is InChI=1S/2C12H25.CH3NS2.Mo/c2*1-3-5-7-9-11-12-10-8-6-4-2;2-1(3)4;/h2*1,3-12H2,2H3;(H3,2,3,4);/q;;;+1/p-1. The molecule has 0 heterocycles. The van der Waals surface area contributed by atoms with Gasteiger partial charge in [0, 0.05) is 0 Å². The molecule has 0 aromatic carbocycles. The van der Waals surface area contributed by atoms with Crippen LogP contribution in [0.5, 0.6) is 0 Å². The van der Waals surface area contributed by atoms with Gasteiger partial charge in [0.1, 0.15) is 0 Å². The van der Waals surface area contributed by atoms with Crippen LogP contribution in [0.15, 0.2) is 0 Å². The van der Waals surface area contributed by atoms with Crippen LogP contribution in [0.4, 0.5) is 0 Å². The van der Waals surface area contributed by atoms with E-state index >= 15 is 0 Å². The summed E-state index contributed by atoms with van der Waals surface area (Å²) in [5.41, 5.74) is 0. The van der Waals surface area contributed by atoms with E-state index in [9.17, 15) is 0 Å². The van der Waals surface area contributed by atoms with Gasteiger partial charge in [-0.1, -0.05) is 0 Å². The molecule has 0 atom stereocenters. The maximum absolute atomic E-state index is 5.23. The molecule has 0 fully saturated rings. The monoisotopic (exact) mass is 528 g/mol. The first-order valence-electron chi connectivity index (χ1n) is 12.9. The molecule has 0 aliphatic heterocycles. The van der Waals surface area contributed by atoms with E-state index in [4.69, 9.17) is 12.2 Å². The van der Waals surface area contributed by atoms with E-state index in [1.54, 1.807) is 0 Å². The van der Waals surface area contributed by atoms with Gasteiger partial charge in [0.05, 0.1) is 0 Å². The molecule has 0 saturated heterocycles. The molecule has 1 N–H and O–H groups in total. The maximum atomic E-state index is 5.23. The van der Waals surface area contributed by atoms with Gasteiger partial charge >= 0.3 is 202 Å². The van der Waals surface area contributed by atoms with E-state index in [-0.39, 0.29) is 0 Å². The molecule has 0 amide bonds. The van der Waals surface area contributed by atoms with Crippen molar-refractivity contribution in [1.82, 2.24) is 3.88 Å². The van der Waals surface area contributed by atoms with Crippen LogP contribution in [-0.2, 0) is 17.6 Å². The topological polar surface area (TPSA) is 12.0 Å². The Labute approximate surface area is 201 Å². The number of thiol groups is 1. The Morgan fingerprint density at radius 2 is 0.828 bits per heavy atom. The third kappa shape index (κ3) is 25.1. The summed E-state index contributed by atoms with van der Waals surface area (Å²) in [6.45, 7) is 4.59. The average molecular weight is 527 g/mol. The van der Waals surface area contributed by atoms with E-state index < -0.39 is 17.6 Å². The minimum atomic E-state index is -1.24. The zero-order chi connectivity index (χ0) is 21.4. The molecule has 0 aromatic heterocycles. The first-order valence-corrected chi connectivity index (χ1v) is 17.6. The predicted molar refractivity (Wildman–Crippen MR) is 138 cm³/mol. The molecular weight excluding hydrogens is 474 g/mol. The molecule has 1 nitrogen and oxygen atoms in total. The van der Waals surface area contributed by atoms with E-state index in [1.807, 2.05) is 0 Å². The Balaban J connectivity index is 3.56. The fourth-order valence-corrected chi connectivity index (χ4v) is 9.64. The second-order valence-electron chi connectivity index (χ2n) is 8.67. The number of hydrogen-bond donors (Lipinski definition) is 2. The van der Waals surface area contributed by atoms with Gasteiger partial charge in [-0.15, -0.1) is 0 Å². The third-order valence-corrected chi connectivity index (χ3v) is 11.7. The van der Waals surface area contributed by atoms with Gasteiger partial charge in [0.15, 0.2) is 0 Å². The van der Waals surface area contributed by atoms with Crippen LogP contribution in [-0.4, -0.2) is 4.32 Å². The number of thiocarbonyl (C=S) groups is 1. The molecule has 0 aliphatic rings. The summed E-state index contributed by atoms with van der Waals surface area (Å²) in [5.74, 6) is 0. The van der Waals surface area contributed by atoms with Gasteiger partial charge in [-0.2, -0.15) is 0 Å². The summed E-state index contributed by atoms with van der Waals surface area (Å²) in [5, 5.41) is 0. The van der Waals surface area contributed by atoms with Crippen molar-refractivity contribution in [2.45, 2.75) is 152 Å². The molecule has 0 aromatic rings. The quantitative estimate of drug-likeness (QED) is 0.0594. The summed E-state index contributed by atoms with van der Waals surface area (Å²) in [6, 6.07) is 0. The fraction of sp³-hybridized carbons (Fsp3) is 0.960. The van der Waals surface area contributed by atoms with Gasteiger partial charge in [-0.05, 0) is 0 Å². The van der Waals surface area contributed by atoms with Gasteiger partial charge in [-0.3, -0.25) is 0 Å². The van der Waals surface area contributed by atoms with Crippen molar-refractivity contribution in [3.8, 4) is 0 Å². The van der Waals surface area contributed by atoms with Crippen molar-refractivity contribution in [3.05, 3.63) is 0 Å². The third-order valence-electron chi connectivity index (χ3n) is 5.72. The van der Waals surface area contributed by atoms with Crippen LogP contribution in [0.1, 0.15) is 142 Å². The van der Waals surface area contributed by atoms with Crippen LogP contribution in [0.3, 0.4) is 0 Å². The Hall–Kier alpha value is 0.928. The van der Waals surface area contributed by atoms with Crippen molar-refractivity contribution in [2.24, 2.45) is 0 Å². The number of nitrogens with one attached hydrogen (secondary N) is 1. The summed E-state index contributed by atoms with van der Waals surface area (Å²) in [7, 11) is 0. The zero-order valence-corrected chi connectivity index (χ0v) is 23.5. The average Bonchev–Trinajstić information content (AvgIpc) is 2.70. The molecule has 0 rings (SSSR count). The van der Waals surface area contributed by atoms with E-state index in [2.05, 4.69) is 30.4 Å².